The van der Waals surface area contributed by atoms with Gasteiger partial charge in [-0.05, 0) is 25.8 Å². The molecule has 1 aliphatic rings. The van der Waals surface area contributed by atoms with Crippen LogP contribution in [0, 0.1) is 0 Å². The van der Waals surface area contributed by atoms with E-state index >= 15 is 0 Å². The third-order valence-corrected chi connectivity index (χ3v) is 4.13. The standard InChI is InChI=1S/C10H19NO3S/c1-2-11-10(9(13)14)4-3-8(7-10)15-6-5-12/h8,11-12H,2-7H2,1H3,(H,13,14). The van der Waals surface area contributed by atoms with Crippen LogP contribution in [0.2, 0.25) is 0 Å². The van der Waals surface area contributed by atoms with E-state index in [9.17, 15) is 9.90 Å². The van der Waals surface area contributed by atoms with Crippen molar-refractivity contribution in [2.45, 2.75) is 37.0 Å². The normalized spacial score (nSPS) is 30.7. The first-order valence-electron chi connectivity index (χ1n) is 5.35. The van der Waals surface area contributed by atoms with E-state index in [1.807, 2.05) is 6.92 Å². The van der Waals surface area contributed by atoms with E-state index in [0.29, 0.717) is 30.4 Å². The van der Waals surface area contributed by atoms with Crippen LogP contribution in [-0.4, -0.2) is 45.9 Å². The number of likely N-dealkylation sites (N-methyl/N-ethyl adjacent to an activating group) is 1. The summed E-state index contributed by atoms with van der Waals surface area (Å²) in [4.78, 5) is 11.2. The molecule has 4 nitrogen and oxygen atoms in total. The summed E-state index contributed by atoms with van der Waals surface area (Å²) in [6, 6.07) is 0. The van der Waals surface area contributed by atoms with Crippen molar-refractivity contribution in [3.05, 3.63) is 0 Å². The van der Waals surface area contributed by atoms with Gasteiger partial charge in [0.2, 0.25) is 0 Å². The van der Waals surface area contributed by atoms with Gasteiger partial charge in [-0.2, -0.15) is 11.8 Å². The third kappa shape index (κ3) is 3.09. The number of hydrogen-bond acceptors (Lipinski definition) is 4. The lowest BCUT2D eigenvalue weighted by Gasteiger charge is -2.25. The molecule has 0 heterocycles. The molecule has 0 radical (unpaired) electrons. The average molecular weight is 233 g/mol. The molecule has 0 aliphatic heterocycles. The summed E-state index contributed by atoms with van der Waals surface area (Å²) in [5, 5.41) is 21.4. The maximum absolute atomic E-state index is 11.2. The van der Waals surface area contributed by atoms with Gasteiger partial charge in [0, 0.05) is 11.0 Å². The zero-order valence-corrected chi connectivity index (χ0v) is 9.85. The second-order valence-electron chi connectivity index (χ2n) is 3.88. The van der Waals surface area contributed by atoms with Crippen molar-refractivity contribution in [2.75, 3.05) is 18.9 Å². The first-order valence-corrected chi connectivity index (χ1v) is 6.40. The van der Waals surface area contributed by atoms with Gasteiger partial charge in [-0.3, -0.25) is 4.79 Å². The molecule has 3 N–H and O–H groups in total. The van der Waals surface area contributed by atoms with Crippen molar-refractivity contribution < 1.29 is 15.0 Å². The smallest absolute Gasteiger partial charge is 0.323 e. The number of hydrogen-bond donors (Lipinski definition) is 3. The number of thioether (sulfide) groups is 1. The third-order valence-electron chi connectivity index (χ3n) is 2.84. The number of aliphatic hydroxyl groups excluding tert-OH is 1. The molecule has 0 spiro atoms. The first-order chi connectivity index (χ1) is 7.14. The van der Waals surface area contributed by atoms with Gasteiger partial charge in [-0.25, -0.2) is 0 Å². The van der Waals surface area contributed by atoms with Crippen LogP contribution in [0.15, 0.2) is 0 Å². The topological polar surface area (TPSA) is 69.6 Å². The van der Waals surface area contributed by atoms with Crippen LogP contribution < -0.4 is 5.32 Å². The van der Waals surface area contributed by atoms with Gasteiger partial charge >= 0.3 is 5.97 Å². The van der Waals surface area contributed by atoms with Crippen LogP contribution in [-0.2, 0) is 4.79 Å². The lowest BCUT2D eigenvalue weighted by molar-refractivity contribution is -0.144. The Bertz CT molecular complexity index is 225. The summed E-state index contributed by atoms with van der Waals surface area (Å²) in [5.41, 5.74) is -0.720. The summed E-state index contributed by atoms with van der Waals surface area (Å²) < 4.78 is 0. The lowest BCUT2D eigenvalue weighted by Crippen LogP contribution is -2.50. The average Bonchev–Trinajstić information content (AvgIpc) is 2.60. The number of carbonyl (C=O) groups is 1. The first kappa shape index (κ1) is 12.8. The second-order valence-corrected chi connectivity index (χ2v) is 5.29. The fourth-order valence-corrected chi connectivity index (χ4v) is 3.26. The highest BCUT2D eigenvalue weighted by Gasteiger charge is 2.44. The van der Waals surface area contributed by atoms with Crippen molar-refractivity contribution in [3.8, 4) is 0 Å². The molecule has 1 aliphatic carbocycles. The van der Waals surface area contributed by atoms with Gasteiger partial charge in [0.1, 0.15) is 5.54 Å². The highest BCUT2D eigenvalue weighted by molar-refractivity contribution is 7.99. The maximum atomic E-state index is 11.2. The molecule has 2 atom stereocenters. The Morgan fingerprint density at radius 2 is 2.40 bits per heavy atom. The van der Waals surface area contributed by atoms with Gasteiger partial charge in [0.15, 0.2) is 0 Å². The Kier molecular flexibility index (Phi) is 4.89. The number of nitrogens with one attached hydrogen (secondary N) is 1. The number of rotatable bonds is 6. The number of carboxylic acid groups (broad SMARTS) is 1. The molecule has 2 unspecified atom stereocenters. The van der Waals surface area contributed by atoms with Crippen LogP contribution in [0.5, 0.6) is 0 Å². The number of carboxylic acids is 1. The fraction of sp³-hybridized carbons (Fsp3) is 0.900. The second kappa shape index (κ2) is 5.72. The molecule has 0 amide bonds. The quantitative estimate of drug-likeness (QED) is 0.630. The molecule has 0 aromatic carbocycles. The maximum Gasteiger partial charge on any atom is 0.323 e. The Labute approximate surface area is 94.4 Å². The summed E-state index contributed by atoms with van der Waals surface area (Å²) in [5.74, 6) is -0.0385. The summed E-state index contributed by atoms with van der Waals surface area (Å²) in [7, 11) is 0. The van der Waals surface area contributed by atoms with E-state index in [2.05, 4.69) is 5.32 Å². The highest BCUT2D eigenvalue weighted by atomic mass is 32.2. The van der Waals surface area contributed by atoms with Crippen LogP contribution in [0.1, 0.15) is 26.2 Å². The molecule has 1 fully saturated rings. The van der Waals surface area contributed by atoms with Crippen molar-refractivity contribution in [2.24, 2.45) is 0 Å². The minimum Gasteiger partial charge on any atom is -0.480 e. The monoisotopic (exact) mass is 233 g/mol. The van der Waals surface area contributed by atoms with E-state index in [1.54, 1.807) is 11.8 Å². The zero-order valence-electron chi connectivity index (χ0n) is 9.03. The summed E-state index contributed by atoms with van der Waals surface area (Å²) in [6.07, 6.45) is 2.28. The van der Waals surface area contributed by atoms with Crippen LogP contribution in [0.4, 0.5) is 0 Å². The Hall–Kier alpha value is -0.260. The number of aliphatic carboxylic acids is 1. The van der Waals surface area contributed by atoms with E-state index < -0.39 is 11.5 Å². The predicted molar refractivity (Wildman–Crippen MR) is 61.2 cm³/mol. The van der Waals surface area contributed by atoms with Gasteiger partial charge < -0.3 is 15.5 Å². The lowest BCUT2D eigenvalue weighted by atomic mass is 9.98. The molecule has 0 aromatic rings. The molecule has 1 saturated carbocycles. The molecular weight excluding hydrogens is 214 g/mol. The van der Waals surface area contributed by atoms with E-state index in [1.165, 1.54) is 0 Å². The molecule has 15 heavy (non-hydrogen) atoms. The Morgan fingerprint density at radius 1 is 1.67 bits per heavy atom. The number of aliphatic hydroxyl groups is 1. The molecule has 0 bridgehead atoms. The van der Waals surface area contributed by atoms with Gasteiger partial charge in [-0.1, -0.05) is 6.92 Å². The van der Waals surface area contributed by atoms with E-state index in [0.717, 1.165) is 6.42 Å². The Morgan fingerprint density at radius 3 is 2.93 bits per heavy atom. The van der Waals surface area contributed by atoms with Crippen molar-refractivity contribution in [3.63, 3.8) is 0 Å². The largest absolute Gasteiger partial charge is 0.480 e. The fourth-order valence-electron chi connectivity index (χ4n) is 2.13. The molecule has 1 rings (SSSR count). The Balaban J connectivity index is 2.52. The van der Waals surface area contributed by atoms with Crippen molar-refractivity contribution in [1.82, 2.24) is 5.32 Å². The van der Waals surface area contributed by atoms with Crippen molar-refractivity contribution >= 4 is 17.7 Å². The van der Waals surface area contributed by atoms with E-state index in [4.69, 9.17) is 5.11 Å². The van der Waals surface area contributed by atoms with Crippen molar-refractivity contribution in [1.29, 1.82) is 0 Å². The van der Waals surface area contributed by atoms with Crippen LogP contribution in [0.3, 0.4) is 0 Å². The minimum atomic E-state index is -0.739. The molecular formula is C10H19NO3S. The van der Waals surface area contributed by atoms with Gasteiger partial charge in [0.25, 0.3) is 0 Å². The predicted octanol–water partition coefficient (Wildman–Crippen LogP) is 0.697. The van der Waals surface area contributed by atoms with Gasteiger partial charge in [0.05, 0.1) is 6.61 Å². The summed E-state index contributed by atoms with van der Waals surface area (Å²) in [6.45, 7) is 2.78. The molecule has 0 aromatic heterocycles. The highest BCUT2D eigenvalue weighted by Crippen LogP contribution is 2.37. The van der Waals surface area contributed by atoms with Gasteiger partial charge in [-0.15, -0.1) is 0 Å². The minimum absolute atomic E-state index is 0.169. The van der Waals surface area contributed by atoms with Crippen LogP contribution >= 0.6 is 11.8 Å². The summed E-state index contributed by atoms with van der Waals surface area (Å²) >= 11 is 1.68. The zero-order chi connectivity index (χ0) is 11.3. The van der Waals surface area contributed by atoms with Crippen LogP contribution in [0.25, 0.3) is 0 Å². The molecule has 0 saturated heterocycles. The SMILES string of the molecule is CCNC1(C(=O)O)CCC(SCCO)C1. The molecule has 5 heteroatoms. The molecule has 88 valence electrons. The van der Waals surface area contributed by atoms with E-state index in [-0.39, 0.29) is 6.61 Å².